The van der Waals surface area contributed by atoms with Crippen LogP contribution in [0.15, 0.2) is 78.6 Å². The number of ketones is 1. The summed E-state index contributed by atoms with van der Waals surface area (Å²) in [6, 6.07) is 15.4. The monoisotopic (exact) mass is 460 g/mol. The van der Waals surface area contributed by atoms with Crippen LogP contribution in [0.5, 0.6) is 5.75 Å². The van der Waals surface area contributed by atoms with Crippen LogP contribution in [0.4, 0.5) is 4.39 Å². The van der Waals surface area contributed by atoms with E-state index >= 15 is 0 Å². The number of hydrogen-bond acceptors (Lipinski definition) is 5. The molecule has 3 aromatic rings. The third-order valence-corrected chi connectivity index (χ3v) is 5.59. The first kappa shape index (κ1) is 23.2. The highest BCUT2D eigenvalue weighted by molar-refractivity contribution is 6.46. The fourth-order valence-electron chi connectivity index (χ4n) is 4.01. The lowest BCUT2D eigenvalue weighted by molar-refractivity contribution is -0.139. The van der Waals surface area contributed by atoms with Crippen LogP contribution in [0.1, 0.15) is 36.6 Å². The van der Waals surface area contributed by atoms with Gasteiger partial charge in [-0.3, -0.25) is 14.6 Å². The molecule has 2 aromatic carbocycles. The molecular weight excluding hydrogens is 435 g/mol. The number of pyridine rings is 1. The van der Waals surface area contributed by atoms with Crippen LogP contribution in [-0.2, 0) is 16.0 Å². The van der Waals surface area contributed by atoms with Gasteiger partial charge in [0.05, 0.1) is 17.7 Å². The third kappa shape index (κ3) is 4.83. The van der Waals surface area contributed by atoms with Crippen LogP contribution in [0.3, 0.4) is 0 Å². The van der Waals surface area contributed by atoms with Crippen molar-refractivity contribution in [3.63, 3.8) is 0 Å². The van der Waals surface area contributed by atoms with Crippen molar-refractivity contribution in [3.05, 3.63) is 101 Å². The fourth-order valence-corrected chi connectivity index (χ4v) is 4.01. The van der Waals surface area contributed by atoms with Crippen LogP contribution in [0.2, 0.25) is 0 Å². The molecule has 1 amide bonds. The Morgan fingerprint density at radius 3 is 2.41 bits per heavy atom. The molecule has 1 fully saturated rings. The van der Waals surface area contributed by atoms with Gasteiger partial charge in [0.15, 0.2) is 0 Å². The molecule has 2 heterocycles. The fraction of sp³-hybridized carbons (Fsp3) is 0.222. The quantitative estimate of drug-likeness (QED) is 0.315. The van der Waals surface area contributed by atoms with E-state index in [-0.39, 0.29) is 29.8 Å². The number of carbonyl (C=O) groups is 2. The zero-order valence-corrected chi connectivity index (χ0v) is 18.9. The zero-order chi connectivity index (χ0) is 24.2. The largest absolute Gasteiger partial charge is 0.507 e. The number of carbonyl (C=O) groups excluding carboxylic acids is 2. The van der Waals surface area contributed by atoms with Crippen LogP contribution < -0.4 is 4.74 Å². The first-order chi connectivity index (χ1) is 16.3. The number of aliphatic hydroxyl groups is 1. The average Bonchev–Trinajstić information content (AvgIpc) is 3.09. The van der Waals surface area contributed by atoms with Gasteiger partial charge in [-0.05, 0) is 73.9 Å². The van der Waals surface area contributed by atoms with E-state index in [2.05, 4.69) is 4.98 Å². The summed E-state index contributed by atoms with van der Waals surface area (Å²) in [6.45, 7) is 4.04. The van der Waals surface area contributed by atoms with Crippen LogP contribution in [-0.4, -0.2) is 39.3 Å². The lowest BCUT2D eigenvalue weighted by atomic mass is 9.96. The molecule has 1 atom stereocenters. The number of likely N-dealkylation sites (tertiary alicyclic amines) is 1. The maximum atomic E-state index is 13.3. The highest BCUT2D eigenvalue weighted by Crippen LogP contribution is 2.39. The molecule has 0 spiro atoms. The van der Waals surface area contributed by atoms with E-state index in [1.807, 2.05) is 13.8 Å². The Hall–Kier alpha value is -4.00. The second-order valence-electron chi connectivity index (χ2n) is 8.35. The van der Waals surface area contributed by atoms with Crippen molar-refractivity contribution in [2.24, 2.45) is 0 Å². The number of amides is 1. The van der Waals surface area contributed by atoms with Gasteiger partial charge in [0, 0.05) is 24.5 Å². The van der Waals surface area contributed by atoms with Gasteiger partial charge in [0.25, 0.3) is 11.7 Å². The van der Waals surface area contributed by atoms with E-state index < -0.39 is 17.7 Å². The number of aliphatic hydroxyl groups excluding tert-OH is 1. The van der Waals surface area contributed by atoms with Crippen molar-refractivity contribution in [1.82, 2.24) is 9.88 Å². The molecule has 1 aromatic heterocycles. The molecule has 1 aliphatic rings. The van der Waals surface area contributed by atoms with Gasteiger partial charge in [-0.2, -0.15) is 0 Å². The summed E-state index contributed by atoms with van der Waals surface area (Å²) in [7, 11) is 0. The molecule has 1 N–H and O–H groups in total. The Labute approximate surface area is 197 Å². The topological polar surface area (TPSA) is 79.7 Å². The number of benzene rings is 2. The summed E-state index contributed by atoms with van der Waals surface area (Å²) in [4.78, 5) is 31.7. The standard InChI is InChI=1S/C27H25FN2O4/c1-17(2)34-22-11-7-19(8-12-22)25(31)23-24(20-4-3-14-29-16-20)30(27(33)26(23)32)15-13-18-5-9-21(28)10-6-18/h3-12,14,16-17,24,31H,13,15H2,1-2H3/b25-23-. The lowest BCUT2D eigenvalue weighted by Gasteiger charge is -2.25. The van der Waals surface area contributed by atoms with Crippen molar-refractivity contribution < 1.29 is 23.8 Å². The minimum atomic E-state index is -0.791. The van der Waals surface area contributed by atoms with Gasteiger partial charge in [0.2, 0.25) is 0 Å². The van der Waals surface area contributed by atoms with Crippen molar-refractivity contribution in [2.75, 3.05) is 6.54 Å². The zero-order valence-electron chi connectivity index (χ0n) is 18.9. The minimum Gasteiger partial charge on any atom is -0.507 e. The van der Waals surface area contributed by atoms with Crippen LogP contribution in [0.25, 0.3) is 5.76 Å². The number of nitrogens with zero attached hydrogens (tertiary/aromatic N) is 2. The number of Topliss-reactive ketones (excluding diaryl/α,β-unsaturated/α-hetero) is 1. The maximum Gasteiger partial charge on any atom is 0.295 e. The smallest absolute Gasteiger partial charge is 0.295 e. The van der Waals surface area contributed by atoms with Gasteiger partial charge >= 0.3 is 0 Å². The van der Waals surface area contributed by atoms with Gasteiger partial charge in [0.1, 0.15) is 17.3 Å². The summed E-state index contributed by atoms with van der Waals surface area (Å²) in [5, 5.41) is 11.1. The normalized spacial score (nSPS) is 17.4. The van der Waals surface area contributed by atoms with Gasteiger partial charge in [-0.25, -0.2) is 4.39 Å². The highest BCUT2D eigenvalue weighted by atomic mass is 19.1. The number of hydrogen-bond donors (Lipinski definition) is 1. The van der Waals surface area contributed by atoms with E-state index in [9.17, 15) is 19.1 Å². The molecular formula is C27H25FN2O4. The second kappa shape index (κ2) is 9.87. The van der Waals surface area contributed by atoms with Crippen molar-refractivity contribution in [3.8, 4) is 5.75 Å². The minimum absolute atomic E-state index is 0.00328. The number of halogens is 1. The molecule has 0 radical (unpaired) electrons. The maximum absolute atomic E-state index is 13.3. The van der Waals surface area contributed by atoms with Crippen molar-refractivity contribution >= 4 is 17.4 Å². The first-order valence-corrected chi connectivity index (χ1v) is 11.0. The number of rotatable bonds is 7. The highest BCUT2D eigenvalue weighted by Gasteiger charge is 2.45. The molecule has 34 heavy (non-hydrogen) atoms. The summed E-state index contributed by atoms with van der Waals surface area (Å²) >= 11 is 0. The van der Waals surface area contributed by atoms with Gasteiger partial charge in [-0.15, -0.1) is 0 Å². The Kier molecular flexibility index (Phi) is 6.72. The Morgan fingerprint density at radius 2 is 1.79 bits per heavy atom. The molecule has 1 saturated heterocycles. The van der Waals surface area contributed by atoms with Crippen molar-refractivity contribution in [2.45, 2.75) is 32.4 Å². The molecule has 6 nitrogen and oxygen atoms in total. The predicted octanol–water partition coefficient (Wildman–Crippen LogP) is 4.67. The van der Waals surface area contributed by atoms with E-state index in [1.165, 1.54) is 17.0 Å². The Bertz CT molecular complexity index is 1210. The van der Waals surface area contributed by atoms with Gasteiger partial charge < -0.3 is 14.7 Å². The molecule has 4 rings (SSSR count). The molecule has 0 saturated carbocycles. The van der Waals surface area contributed by atoms with Crippen LogP contribution >= 0.6 is 0 Å². The molecule has 7 heteroatoms. The number of aromatic nitrogens is 1. The second-order valence-corrected chi connectivity index (χ2v) is 8.35. The van der Waals surface area contributed by atoms with E-state index in [1.54, 1.807) is 60.9 Å². The average molecular weight is 461 g/mol. The van der Waals surface area contributed by atoms with E-state index in [4.69, 9.17) is 4.74 Å². The molecule has 1 unspecified atom stereocenters. The Balaban J connectivity index is 1.70. The molecule has 1 aliphatic heterocycles. The lowest BCUT2D eigenvalue weighted by Crippen LogP contribution is -2.31. The van der Waals surface area contributed by atoms with Gasteiger partial charge in [-0.1, -0.05) is 18.2 Å². The third-order valence-electron chi connectivity index (χ3n) is 5.59. The van der Waals surface area contributed by atoms with E-state index in [0.29, 0.717) is 23.3 Å². The summed E-state index contributed by atoms with van der Waals surface area (Å²) in [6.07, 6.45) is 3.60. The Morgan fingerprint density at radius 1 is 1.09 bits per heavy atom. The summed E-state index contributed by atoms with van der Waals surface area (Å²) in [5.41, 5.74) is 1.85. The SMILES string of the molecule is CC(C)Oc1ccc(/C(O)=C2/C(=O)C(=O)N(CCc3ccc(F)cc3)C2c2cccnc2)cc1. The van der Waals surface area contributed by atoms with Crippen molar-refractivity contribution in [1.29, 1.82) is 0 Å². The first-order valence-electron chi connectivity index (χ1n) is 11.0. The summed E-state index contributed by atoms with van der Waals surface area (Å²) in [5.74, 6) is -1.42. The molecule has 0 bridgehead atoms. The number of ether oxygens (including phenoxy) is 1. The van der Waals surface area contributed by atoms with Crippen LogP contribution in [0, 0.1) is 5.82 Å². The summed E-state index contributed by atoms with van der Waals surface area (Å²) < 4.78 is 18.9. The van der Waals surface area contributed by atoms with E-state index in [0.717, 1.165) is 5.56 Å². The molecule has 0 aliphatic carbocycles. The molecule has 174 valence electrons. The predicted molar refractivity (Wildman–Crippen MR) is 126 cm³/mol.